The van der Waals surface area contributed by atoms with Gasteiger partial charge < -0.3 is 14.7 Å². The lowest BCUT2D eigenvalue weighted by Crippen LogP contribution is -2.39. The molecule has 5 nitrogen and oxygen atoms in total. The summed E-state index contributed by atoms with van der Waals surface area (Å²) in [6.07, 6.45) is 3.07. The zero-order valence-corrected chi connectivity index (χ0v) is 11.7. The second-order valence-electron chi connectivity index (χ2n) is 5.61. The highest BCUT2D eigenvalue weighted by atomic mass is 35.5. The molecule has 4 rings (SSSR count). The molecule has 108 valence electrons. The zero-order valence-electron chi connectivity index (χ0n) is 10.9. The summed E-state index contributed by atoms with van der Waals surface area (Å²) in [5.41, 5.74) is -0.234. The van der Waals surface area contributed by atoms with Crippen LogP contribution in [0, 0.1) is 11.8 Å². The molecule has 1 spiro atoms. The number of anilines is 1. The predicted octanol–water partition coefficient (Wildman–Crippen LogP) is 1.71. The number of para-hydroxylation sites is 1. The molecule has 2 fully saturated rings. The Balaban J connectivity index is 1.78. The maximum Gasteiger partial charge on any atom is 0.310 e. The van der Waals surface area contributed by atoms with Crippen LogP contribution in [-0.4, -0.2) is 35.2 Å². The first-order valence-corrected chi connectivity index (χ1v) is 7.07. The van der Waals surface area contributed by atoms with E-state index in [0.717, 1.165) is 0 Å². The molecule has 0 saturated carbocycles. The Bertz CT molecular complexity index is 688. The van der Waals surface area contributed by atoms with Crippen LogP contribution < -0.4 is 4.90 Å². The van der Waals surface area contributed by atoms with Crippen LogP contribution in [0.15, 0.2) is 36.4 Å². The zero-order chi connectivity index (χ0) is 14.8. The van der Waals surface area contributed by atoms with Crippen molar-refractivity contribution in [2.24, 2.45) is 11.8 Å². The molecule has 21 heavy (non-hydrogen) atoms. The van der Waals surface area contributed by atoms with E-state index in [9.17, 15) is 14.7 Å². The van der Waals surface area contributed by atoms with E-state index in [-0.39, 0.29) is 5.91 Å². The number of hydrogen-bond acceptors (Lipinski definition) is 3. The van der Waals surface area contributed by atoms with Crippen molar-refractivity contribution in [3.63, 3.8) is 0 Å². The molecule has 1 aromatic carbocycles. The molecule has 0 radical (unpaired) electrons. The quantitative estimate of drug-likeness (QED) is 0.845. The Labute approximate surface area is 125 Å². The highest BCUT2D eigenvalue weighted by Crippen LogP contribution is 2.53. The Morgan fingerprint density at radius 3 is 2.90 bits per heavy atom. The number of rotatable bonds is 2. The lowest BCUT2D eigenvalue weighted by atomic mass is 9.77. The minimum absolute atomic E-state index is 0.234. The first kappa shape index (κ1) is 12.9. The van der Waals surface area contributed by atoms with Gasteiger partial charge >= 0.3 is 5.97 Å². The molecule has 2 bridgehead atoms. The number of amides is 1. The monoisotopic (exact) mass is 305 g/mol. The summed E-state index contributed by atoms with van der Waals surface area (Å²) < 4.78 is 5.82. The van der Waals surface area contributed by atoms with Crippen molar-refractivity contribution in [1.29, 1.82) is 0 Å². The maximum absolute atomic E-state index is 12.7. The number of ether oxygens (including phenoxy) is 1. The van der Waals surface area contributed by atoms with Gasteiger partial charge in [-0.25, -0.2) is 0 Å². The first-order chi connectivity index (χ1) is 10.0. The van der Waals surface area contributed by atoms with E-state index < -0.39 is 29.5 Å². The van der Waals surface area contributed by atoms with E-state index in [1.54, 1.807) is 30.3 Å². The largest absolute Gasteiger partial charge is 0.481 e. The standard InChI is InChI=1S/C15H12ClNO4/c16-8-3-1-2-4-9(8)17-7-15-6-5-10(21-15)11(14(19)20)12(15)13(17)18/h1-6,10-12H,7H2,(H,19,20)/t10-,11-,12-,15+/m1/s1. The molecule has 1 N–H and O–H groups in total. The van der Waals surface area contributed by atoms with E-state index in [4.69, 9.17) is 16.3 Å². The van der Waals surface area contributed by atoms with E-state index in [1.807, 2.05) is 6.08 Å². The number of benzene rings is 1. The molecule has 3 aliphatic heterocycles. The average molecular weight is 306 g/mol. The highest BCUT2D eigenvalue weighted by molar-refractivity contribution is 6.34. The average Bonchev–Trinajstić information content (AvgIpc) is 3.08. The highest BCUT2D eigenvalue weighted by Gasteiger charge is 2.67. The molecule has 1 amide bonds. The second kappa shape index (κ2) is 4.08. The molecule has 0 unspecified atom stereocenters. The van der Waals surface area contributed by atoms with E-state index in [0.29, 0.717) is 17.3 Å². The van der Waals surface area contributed by atoms with Gasteiger partial charge in [0.15, 0.2) is 0 Å². The van der Waals surface area contributed by atoms with Crippen LogP contribution in [0.3, 0.4) is 0 Å². The Morgan fingerprint density at radius 1 is 1.43 bits per heavy atom. The Kier molecular flexibility index (Phi) is 2.50. The summed E-state index contributed by atoms with van der Waals surface area (Å²) in [5, 5.41) is 9.86. The van der Waals surface area contributed by atoms with Crippen LogP contribution >= 0.6 is 11.6 Å². The maximum atomic E-state index is 12.7. The van der Waals surface area contributed by atoms with Crippen LogP contribution in [0.5, 0.6) is 0 Å². The van der Waals surface area contributed by atoms with Crippen LogP contribution in [-0.2, 0) is 14.3 Å². The molecule has 1 aromatic rings. The smallest absolute Gasteiger partial charge is 0.310 e. The fourth-order valence-corrected chi connectivity index (χ4v) is 3.89. The van der Waals surface area contributed by atoms with E-state index in [1.165, 1.54) is 4.90 Å². The number of carbonyl (C=O) groups excluding carboxylic acids is 1. The van der Waals surface area contributed by atoms with Gasteiger partial charge in [0.05, 0.1) is 29.3 Å². The van der Waals surface area contributed by atoms with Gasteiger partial charge in [0.25, 0.3) is 0 Å². The molecule has 3 heterocycles. The minimum Gasteiger partial charge on any atom is -0.481 e. The molecule has 3 aliphatic rings. The molecule has 0 aliphatic carbocycles. The number of fused-ring (bicyclic) bond motifs is 1. The number of carbonyl (C=O) groups is 2. The summed E-state index contributed by atoms with van der Waals surface area (Å²) >= 11 is 6.16. The van der Waals surface area contributed by atoms with Crippen molar-refractivity contribution in [2.45, 2.75) is 11.7 Å². The third kappa shape index (κ3) is 1.56. The third-order valence-electron chi connectivity index (χ3n) is 4.53. The first-order valence-electron chi connectivity index (χ1n) is 6.69. The minimum atomic E-state index is -0.995. The molecular formula is C15H12ClNO4. The predicted molar refractivity (Wildman–Crippen MR) is 75.2 cm³/mol. The van der Waals surface area contributed by atoms with Crippen molar-refractivity contribution in [3.8, 4) is 0 Å². The Hall–Kier alpha value is -1.85. The van der Waals surface area contributed by atoms with Crippen LogP contribution in [0.1, 0.15) is 0 Å². The van der Waals surface area contributed by atoms with Gasteiger partial charge in [0.2, 0.25) is 5.91 Å². The summed E-state index contributed by atoms with van der Waals surface area (Å²) in [4.78, 5) is 25.7. The normalized spacial score (nSPS) is 36.3. The Morgan fingerprint density at radius 2 is 2.19 bits per heavy atom. The van der Waals surface area contributed by atoms with Crippen molar-refractivity contribution >= 4 is 29.2 Å². The molecule has 4 atom stereocenters. The summed E-state index contributed by atoms with van der Waals surface area (Å²) in [5.74, 6) is -2.73. The fraction of sp³-hybridized carbons (Fsp3) is 0.333. The van der Waals surface area contributed by atoms with Crippen LogP contribution in [0.4, 0.5) is 5.69 Å². The third-order valence-corrected chi connectivity index (χ3v) is 4.85. The number of aliphatic carboxylic acids is 1. The van der Waals surface area contributed by atoms with Gasteiger partial charge in [-0.1, -0.05) is 35.9 Å². The summed E-state index contributed by atoms with van der Waals surface area (Å²) in [6.45, 7) is 0.303. The number of hydrogen-bond donors (Lipinski definition) is 1. The molecule has 6 heteroatoms. The van der Waals surface area contributed by atoms with Gasteiger partial charge in [0.1, 0.15) is 11.5 Å². The van der Waals surface area contributed by atoms with Crippen LogP contribution in [0.25, 0.3) is 0 Å². The lowest BCUT2D eigenvalue weighted by Gasteiger charge is -2.22. The SMILES string of the molecule is O=C(O)[C@@H]1[C@H]2C=C[C@@]3(CN(c4ccccc4Cl)C(=O)[C@@H]13)O2. The second-order valence-corrected chi connectivity index (χ2v) is 6.02. The summed E-state index contributed by atoms with van der Waals surface area (Å²) in [7, 11) is 0. The lowest BCUT2D eigenvalue weighted by molar-refractivity contribution is -0.146. The van der Waals surface area contributed by atoms with Crippen LogP contribution in [0.2, 0.25) is 5.02 Å². The number of carboxylic acids is 1. The van der Waals surface area contributed by atoms with Crippen molar-refractivity contribution in [3.05, 3.63) is 41.4 Å². The van der Waals surface area contributed by atoms with Gasteiger partial charge in [-0.05, 0) is 12.1 Å². The van der Waals surface area contributed by atoms with E-state index in [2.05, 4.69) is 0 Å². The topological polar surface area (TPSA) is 66.8 Å². The van der Waals surface area contributed by atoms with E-state index >= 15 is 0 Å². The molecule has 2 saturated heterocycles. The summed E-state index contributed by atoms with van der Waals surface area (Å²) in [6, 6.07) is 7.04. The number of nitrogens with zero attached hydrogens (tertiary/aromatic N) is 1. The van der Waals surface area contributed by atoms with Crippen molar-refractivity contribution < 1.29 is 19.4 Å². The fourth-order valence-electron chi connectivity index (χ4n) is 3.65. The van der Waals surface area contributed by atoms with Gasteiger partial charge in [-0.3, -0.25) is 9.59 Å². The van der Waals surface area contributed by atoms with Crippen molar-refractivity contribution in [2.75, 3.05) is 11.4 Å². The van der Waals surface area contributed by atoms with Gasteiger partial charge in [-0.2, -0.15) is 0 Å². The number of halogens is 1. The van der Waals surface area contributed by atoms with Gasteiger partial charge in [0, 0.05) is 0 Å². The molecular weight excluding hydrogens is 294 g/mol. The van der Waals surface area contributed by atoms with Gasteiger partial charge in [-0.15, -0.1) is 0 Å². The molecule has 0 aromatic heterocycles. The number of carboxylic acid groups (broad SMARTS) is 1. The van der Waals surface area contributed by atoms with Crippen molar-refractivity contribution in [1.82, 2.24) is 0 Å².